The fourth-order valence-electron chi connectivity index (χ4n) is 5.13. The number of nitrogens with zero attached hydrogens (tertiary/aromatic N) is 1. The molecule has 0 bridgehead atoms. The van der Waals surface area contributed by atoms with Gasteiger partial charge in [0.05, 0.1) is 6.42 Å². The summed E-state index contributed by atoms with van der Waals surface area (Å²) in [7, 11) is 0. The Hall–Kier alpha value is -3.35. The van der Waals surface area contributed by atoms with Crippen molar-refractivity contribution >= 4 is 18.0 Å². The van der Waals surface area contributed by atoms with Crippen LogP contribution in [0.1, 0.15) is 36.3 Å². The van der Waals surface area contributed by atoms with E-state index < -0.39 is 12.1 Å². The molecule has 1 heterocycles. The van der Waals surface area contributed by atoms with E-state index in [1.54, 1.807) is 4.90 Å². The fraction of sp³-hybridized carbons (Fsp3) is 0.400. The quantitative estimate of drug-likeness (QED) is 0.728. The number of carbonyl (C=O) groups excluding carboxylic acids is 2. The predicted molar refractivity (Wildman–Crippen MR) is 117 cm³/mol. The Morgan fingerprint density at radius 2 is 1.56 bits per heavy atom. The molecule has 0 radical (unpaired) electrons. The first-order chi connectivity index (χ1) is 15.5. The molecule has 0 spiro atoms. The van der Waals surface area contributed by atoms with Gasteiger partial charge >= 0.3 is 12.1 Å². The molecule has 7 nitrogen and oxygen atoms in total. The molecular formula is C25H26N2O5. The summed E-state index contributed by atoms with van der Waals surface area (Å²) >= 11 is 0. The Morgan fingerprint density at radius 1 is 0.969 bits per heavy atom. The van der Waals surface area contributed by atoms with Crippen LogP contribution < -0.4 is 5.32 Å². The largest absolute Gasteiger partial charge is 0.481 e. The van der Waals surface area contributed by atoms with Crippen molar-refractivity contribution < 1.29 is 24.2 Å². The highest BCUT2D eigenvalue weighted by molar-refractivity contribution is 5.82. The van der Waals surface area contributed by atoms with Crippen LogP contribution >= 0.6 is 0 Å². The maximum absolute atomic E-state index is 12.4. The van der Waals surface area contributed by atoms with E-state index in [1.807, 2.05) is 24.3 Å². The Kier molecular flexibility index (Phi) is 5.33. The van der Waals surface area contributed by atoms with E-state index in [9.17, 15) is 14.4 Å². The summed E-state index contributed by atoms with van der Waals surface area (Å²) < 4.78 is 5.57. The molecule has 2 N–H and O–H groups in total. The minimum absolute atomic E-state index is 0.0223. The number of rotatable bonds is 6. The Morgan fingerprint density at radius 3 is 2.16 bits per heavy atom. The number of alkyl carbamates (subject to hydrolysis) is 1. The average molecular weight is 434 g/mol. The van der Waals surface area contributed by atoms with Gasteiger partial charge in [0.15, 0.2) is 0 Å². The van der Waals surface area contributed by atoms with Gasteiger partial charge in [-0.3, -0.25) is 9.59 Å². The van der Waals surface area contributed by atoms with Gasteiger partial charge in [-0.1, -0.05) is 48.5 Å². The van der Waals surface area contributed by atoms with Crippen molar-refractivity contribution in [2.45, 2.75) is 31.2 Å². The van der Waals surface area contributed by atoms with Crippen molar-refractivity contribution in [2.75, 3.05) is 19.7 Å². The van der Waals surface area contributed by atoms with Crippen LogP contribution in [-0.4, -0.2) is 53.7 Å². The first kappa shape index (κ1) is 20.5. The highest BCUT2D eigenvalue weighted by Gasteiger charge is 2.42. The van der Waals surface area contributed by atoms with E-state index >= 15 is 0 Å². The van der Waals surface area contributed by atoms with Gasteiger partial charge < -0.3 is 20.1 Å². The van der Waals surface area contributed by atoms with E-state index in [2.05, 4.69) is 29.6 Å². The molecule has 2 aliphatic carbocycles. The number of nitrogens with one attached hydrogen (secondary N) is 1. The van der Waals surface area contributed by atoms with Crippen molar-refractivity contribution in [2.24, 2.45) is 11.8 Å². The van der Waals surface area contributed by atoms with Crippen LogP contribution in [0.3, 0.4) is 0 Å². The number of fused-ring (bicyclic) bond motifs is 3. The number of aliphatic carboxylic acids is 1. The zero-order chi connectivity index (χ0) is 22.2. The number of hydrogen-bond donors (Lipinski definition) is 2. The summed E-state index contributed by atoms with van der Waals surface area (Å²) in [6.07, 6.45) is 0.861. The van der Waals surface area contributed by atoms with Crippen molar-refractivity contribution in [3.63, 3.8) is 0 Å². The Labute approximate surface area is 186 Å². The zero-order valence-corrected chi connectivity index (χ0v) is 17.7. The molecular weight excluding hydrogens is 408 g/mol. The molecule has 5 rings (SSSR count). The molecule has 0 atom stereocenters. The SMILES string of the molecule is O=C(O)CC1CN(C(=O)C2CC(NC(=O)OCC3c4ccccc4-c4ccccc43)C2)C1. The molecule has 0 unspecified atom stereocenters. The van der Waals surface area contributed by atoms with Crippen molar-refractivity contribution in [3.8, 4) is 11.1 Å². The lowest BCUT2D eigenvalue weighted by Gasteiger charge is -2.44. The van der Waals surface area contributed by atoms with Crippen molar-refractivity contribution in [3.05, 3.63) is 59.7 Å². The molecule has 1 aliphatic heterocycles. The summed E-state index contributed by atoms with van der Waals surface area (Å²) in [4.78, 5) is 37.3. The topological polar surface area (TPSA) is 95.9 Å². The van der Waals surface area contributed by atoms with Gasteiger partial charge in [-0.05, 0) is 35.1 Å². The predicted octanol–water partition coefficient (Wildman–Crippen LogP) is 3.24. The van der Waals surface area contributed by atoms with Crippen molar-refractivity contribution in [1.29, 1.82) is 0 Å². The lowest BCUT2D eigenvalue weighted by atomic mass is 9.78. The van der Waals surface area contributed by atoms with Gasteiger partial charge in [0.1, 0.15) is 6.61 Å². The van der Waals surface area contributed by atoms with Gasteiger partial charge in [0.2, 0.25) is 5.91 Å². The fourth-order valence-corrected chi connectivity index (χ4v) is 5.13. The number of carboxylic acids is 1. The molecule has 32 heavy (non-hydrogen) atoms. The van der Waals surface area contributed by atoms with Gasteiger partial charge in [-0.2, -0.15) is 0 Å². The first-order valence-electron chi connectivity index (χ1n) is 11.1. The lowest BCUT2D eigenvalue weighted by molar-refractivity contribution is -0.149. The van der Waals surface area contributed by atoms with Crippen LogP contribution in [0.4, 0.5) is 4.79 Å². The van der Waals surface area contributed by atoms with Crippen LogP contribution in [-0.2, 0) is 14.3 Å². The minimum atomic E-state index is -0.821. The number of carboxylic acid groups (broad SMARTS) is 1. The van der Waals surface area contributed by atoms with Gasteiger partial charge in [0.25, 0.3) is 0 Å². The van der Waals surface area contributed by atoms with Gasteiger partial charge in [-0.25, -0.2) is 4.79 Å². The Bertz CT molecular complexity index is 1010. The normalized spacial score (nSPS) is 21.7. The minimum Gasteiger partial charge on any atom is -0.481 e. The van der Waals surface area contributed by atoms with E-state index in [1.165, 1.54) is 22.3 Å². The molecule has 2 amide bonds. The third-order valence-corrected chi connectivity index (χ3v) is 6.89. The second-order valence-corrected chi connectivity index (χ2v) is 9.04. The molecule has 0 aromatic heterocycles. The first-order valence-corrected chi connectivity index (χ1v) is 11.1. The molecule has 2 aromatic rings. The van der Waals surface area contributed by atoms with Crippen LogP contribution in [0.15, 0.2) is 48.5 Å². The number of hydrogen-bond acceptors (Lipinski definition) is 4. The zero-order valence-electron chi connectivity index (χ0n) is 17.7. The number of likely N-dealkylation sites (tertiary alicyclic amines) is 1. The summed E-state index contributed by atoms with van der Waals surface area (Å²) in [5, 5.41) is 11.7. The van der Waals surface area contributed by atoms with Gasteiger partial charge in [-0.15, -0.1) is 0 Å². The second kappa shape index (κ2) is 8.30. The van der Waals surface area contributed by atoms with E-state index in [-0.39, 0.29) is 42.7 Å². The third-order valence-electron chi connectivity index (χ3n) is 6.89. The van der Waals surface area contributed by atoms with Crippen LogP contribution in [0.2, 0.25) is 0 Å². The summed E-state index contributed by atoms with van der Waals surface area (Å²) in [6, 6.07) is 16.4. The van der Waals surface area contributed by atoms with Gasteiger partial charge in [0, 0.05) is 36.9 Å². The molecule has 166 valence electrons. The second-order valence-electron chi connectivity index (χ2n) is 9.04. The number of amides is 2. The smallest absolute Gasteiger partial charge is 0.407 e. The average Bonchev–Trinajstić information content (AvgIpc) is 3.04. The molecule has 1 saturated carbocycles. The highest BCUT2D eigenvalue weighted by atomic mass is 16.5. The summed E-state index contributed by atoms with van der Waals surface area (Å²) in [5.41, 5.74) is 4.72. The molecule has 7 heteroatoms. The lowest BCUT2D eigenvalue weighted by Crippen LogP contribution is -2.56. The monoisotopic (exact) mass is 434 g/mol. The van der Waals surface area contributed by atoms with E-state index in [0.29, 0.717) is 25.9 Å². The maximum Gasteiger partial charge on any atom is 0.407 e. The summed E-state index contributed by atoms with van der Waals surface area (Å²) in [5.74, 6) is -0.768. The van der Waals surface area contributed by atoms with Crippen LogP contribution in [0, 0.1) is 11.8 Å². The van der Waals surface area contributed by atoms with Crippen LogP contribution in [0.25, 0.3) is 11.1 Å². The maximum atomic E-state index is 12.4. The molecule has 2 aromatic carbocycles. The Balaban J connectivity index is 1.08. The third kappa shape index (κ3) is 3.83. The number of carbonyl (C=O) groups is 3. The van der Waals surface area contributed by atoms with Crippen LogP contribution in [0.5, 0.6) is 0 Å². The number of benzene rings is 2. The molecule has 3 aliphatic rings. The summed E-state index contributed by atoms with van der Waals surface area (Å²) in [6.45, 7) is 1.31. The van der Waals surface area contributed by atoms with E-state index in [4.69, 9.17) is 9.84 Å². The van der Waals surface area contributed by atoms with Crippen molar-refractivity contribution in [1.82, 2.24) is 10.2 Å². The standard InChI is InChI=1S/C25H26N2O5/c28-23(29)9-15-12-27(13-15)24(30)16-10-17(11-16)26-25(31)32-14-22-20-7-3-1-5-18(20)19-6-2-4-8-21(19)22/h1-8,15-17,22H,9-14H2,(H,26,31)(H,28,29). The molecule has 1 saturated heterocycles. The highest BCUT2D eigenvalue weighted by Crippen LogP contribution is 2.44. The number of ether oxygens (including phenoxy) is 1. The molecule has 2 fully saturated rings. The van der Waals surface area contributed by atoms with E-state index in [0.717, 1.165) is 0 Å².